The number of rotatable bonds is 5. The Balaban J connectivity index is 2.55. The molecule has 6 nitrogen and oxygen atoms in total. The Morgan fingerprint density at radius 3 is 2.69 bits per heavy atom. The van der Waals surface area contributed by atoms with Crippen LogP contribution in [0.2, 0.25) is 0 Å². The minimum atomic E-state index is -1.11. The molecule has 6 heteroatoms. The lowest BCUT2D eigenvalue weighted by Gasteiger charge is -2.14. The molecule has 1 heterocycles. The average molecular weight is 226 g/mol. The number of carboxylic acid groups (broad SMARTS) is 1. The van der Waals surface area contributed by atoms with Gasteiger partial charge in [0.2, 0.25) is 11.7 Å². The van der Waals surface area contributed by atoms with Gasteiger partial charge in [-0.3, -0.25) is 4.79 Å². The summed E-state index contributed by atoms with van der Waals surface area (Å²) in [6.45, 7) is 0.465. The number of nitrogens with zero attached hydrogens (tertiary/aromatic N) is 1. The van der Waals surface area contributed by atoms with E-state index < -0.39 is 5.97 Å². The van der Waals surface area contributed by atoms with Crippen molar-refractivity contribution in [2.45, 2.75) is 6.42 Å². The molecule has 0 unspecified atom stereocenters. The minimum absolute atomic E-state index is 0.0723. The Morgan fingerprint density at radius 1 is 1.50 bits per heavy atom. The van der Waals surface area contributed by atoms with Crippen molar-refractivity contribution in [3.05, 3.63) is 17.9 Å². The highest BCUT2D eigenvalue weighted by molar-refractivity contribution is 5.84. The number of nitrogens with one attached hydrogen (secondary N) is 1. The number of anilines is 1. The SMILES string of the molecule is CNC(=O)CCN(C)c1ccc(C(=O)O)o1. The third kappa shape index (κ3) is 3.01. The molecule has 0 saturated carbocycles. The number of carbonyl (C=O) groups excluding carboxylic acids is 1. The van der Waals surface area contributed by atoms with Gasteiger partial charge in [0.15, 0.2) is 5.88 Å². The van der Waals surface area contributed by atoms with Crippen molar-refractivity contribution in [3.8, 4) is 0 Å². The Hall–Kier alpha value is -1.98. The van der Waals surface area contributed by atoms with E-state index in [0.717, 1.165) is 0 Å². The molecule has 1 amide bonds. The summed E-state index contributed by atoms with van der Waals surface area (Å²) in [5.74, 6) is -0.856. The third-order valence-corrected chi connectivity index (χ3v) is 2.13. The van der Waals surface area contributed by atoms with Crippen LogP contribution in [0.5, 0.6) is 0 Å². The maximum Gasteiger partial charge on any atom is 0.371 e. The monoisotopic (exact) mass is 226 g/mol. The first-order valence-electron chi connectivity index (χ1n) is 4.79. The van der Waals surface area contributed by atoms with Crippen molar-refractivity contribution in [2.24, 2.45) is 0 Å². The van der Waals surface area contributed by atoms with Gasteiger partial charge >= 0.3 is 5.97 Å². The van der Waals surface area contributed by atoms with Gasteiger partial charge in [-0.05, 0) is 6.07 Å². The van der Waals surface area contributed by atoms with Crippen LogP contribution in [0.1, 0.15) is 17.0 Å². The molecule has 0 fully saturated rings. The first-order chi connectivity index (χ1) is 7.54. The van der Waals surface area contributed by atoms with E-state index >= 15 is 0 Å². The molecular weight excluding hydrogens is 212 g/mol. The average Bonchev–Trinajstić information content (AvgIpc) is 2.74. The van der Waals surface area contributed by atoms with E-state index in [4.69, 9.17) is 9.52 Å². The minimum Gasteiger partial charge on any atom is -0.475 e. The van der Waals surface area contributed by atoms with Gasteiger partial charge in [0.25, 0.3) is 0 Å². The molecule has 0 aliphatic rings. The molecule has 0 aromatic carbocycles. The van der Waals surface area contributed by atoms with Crippen LogP contribution in [-0.4, -0.2) is 37.6 Å². The molecule has 1 aromatic rings. The van der Waals surface area contributed by atoms with Crippen LogP contribution in [0.4, 0.5) is 5.88 Å². The van der Waals surface area contributed by atoms with Crippen molar-refractivity contribution in [1.82, 2.24) is 5.32 Å². The van der Waals surface area contributed by atoms with E-state index in [1.54, 1.807) is 25.1 Å². The maximum atomic E-state index is 11.0. The molecule has 0 bridgehead atoms. The number of carbonyl (C=O) groups is 2. The normalized spacial score (nSPS) is 9.88. The van der Waals surface area contributed by atoms with Crippen molar-refractivity contribution >= 4 is 17.8 Å². The van der Waals surface area contributed by atoms with Crippen LogP contribution in [0, 0.1) is 0 Å². The smallest absolute Gasteiger partial charge is 0.371 e. The van der Waals surface area contributed by atoms with E-state index in [0.29, 0.717) is 18.8 Å². The van der Waals surface area contributed by atoms with Gasteiger partial charge < -0.3 is 19.7 Å². The highest BCUT2D eigenvalue weighted by Crippen LogP contribution is 2.17. The van der Waals surface area contributed by atoms with Crippen LogP contribution in [-0.2, 0) is 4.79 Å². The standard InChI is InChI=1S/C10H14N2O4/c1-11-8(13)5-6-12(2)9-4-3-7(16-9)10(14)15/h3-4H,5-6H2,1-2H3,(H,11,13)(H,14,15). The van der Waals surface area contributed by atoms with Crippen molar-refractivity contribution < 1.29 is 19.1 Å². The van der Waals surface area contributed by atoms with Gasteiger partial charge in [-0.15, -0.1) is 0 Å². The zero-order valence-corrected chi connectivity index (χ0v) is 9.19. The lowest BCUT2D eigenvalue weighted by molar-refractivity contribution is -0.120. The molecule has 2 N–H and O–H groups in total. The fourth-order valence-corrected chi connectivity index (χ4v) is 1.15. The van der Waals surface area contributed by atoms with E-state index in [1.165, 1.54) is 6.07 Å². The number of furan rings is 1. The lowest BCUT2D eigenvalue weighted by atomic mass is 10.3. The summed E-state index contributed by atoms with van der Waals surface area (Å²) in [5.41, 5.74) is 0. The maximum absolute atomic E-state index is 11.0. The molecule has 0 aliphatic heterocycles. The molecule has 0 saturated heterocycles. The Morgan fingerprint density at radius 2 is 2.19 bits per heavy atom. The Labute approximate surface area is 92.8 Å². The predicted octanol–water partition coefficient (Wildman–Crippen LogP) is 0.550. The third-order valence-electron chi connectivity index (χ3n) is 2.13. The number of aromatic carboxylic acids is 1. The summed E-state index contributed by atoms with van der Waals surface area (Å²) in [6.07, 6.45) is 0.329. The summed E-state index contributed by atoms with van der Waals surface area (Å²) in [6, 6.07) is 2.95. The van der Waals surface area contributed by atoms with Gasteiger partial charge in [-0.2, -0.15) is 0 Å². The zero-order chi connectivity index (χ0) is 12.1. The largest absolute Gasteiger partial charge is 0.475 e. The Bertz CT molecular complexity index is 386. The van der Waals surface area contributed by atoms with Gasteiger partial charge in [-0.25, -0.2) is 4.79 Å². The van der Waals surface area contributed by atoms with Gasteiger partial charge in [0.1, 0.15) is 0 Å². The van der Waals surface area contributed by atoms with Crippen molar-refractivity contribution in [2.75, 3.05) is 25.5 Å². The number of hydrogen-bond acceptors (Lipinski definition) is 4. The van der Waals surface area contributed by atoms with E-state index in [1.807, 2.05) is 0 Å². The first kappa shape index (κ1) is 12.1. The number of hydrogen-bond donors (Lipinski definition) is 2. The van der Waals surface area contributed by atoms with Crippen LogP contribution in [0.15, 0.2) is 16.5 Å². The molecule has 1 aromatic heterocycles. The molecule has 0 radical (unpaired) electrons. The lowest BCUT2D eigenvalue weighted by Crippen LogP contribution is -2.26. The van der Waals surface area contributed by atoms with Crippen molar-refractivity contribution in [3.63, 3.8) is 0 Å². The molecular formula is C10H14N2O4. The molecule has 0 aliphatic carbocycles. The Kier molecular flexibility index (Phi) is 3.93. The predicted molar refractivity (Wildman–Crippen MR) is 57.6 cm³/mol. The second kappa shape index (κ2) is 5.20. The second-order valence-corrected chi connectivity index (χ2v) is 3.29. The van der Waals surface area contributed by atoms with Gasteiger partial charge in [0.05, 0.1) is 0 Å². The molecule has 88 valence electrons. The van der Waals surface area contributed by atoms with Gasteiger partial charge in [-0.1, -0.05) is 0 Å². The summed E-state index contributed by atoms with van der Waals surface area (Å²) in [5, 5.41) is 11.2. The van der Waals surface area contributed by atoms with Crippen LogP contribution >= 0.6 is 0 Å². The fourth-order valence-electron chi connectivity index (χ4n) is 1.15. The quantitative estimate of drug-likeness (QED) is 0.766. The van der Waals surface area contributed by atoms with Crippen LogP contribution in [0.25, 0.3) is 0 Å². The fraction of sp³-hybridized carbons (Fsp3) is 0.400. The second-order valence-electron chi connectivity index (χ2n) is 3.29. The van der Waals surface area contributed by atoms with Gasteiger partial charge in [0, 0.05) is 33.1 Å². The summed E-state index contributed by atoms with van der Waals surface area (Å²) >= 11 is 0. The number of carboxylic acids is 1. The van der Waals surface area contributed by atoms with E-state index in [2.05, 4.69) is 5.32 Å². The first-order valence-corrected chi connectivity index (χ1v) is 4.79. The molecule has 0 spiro atoms. The van der Waals surface area contributed by atoms with E-state index in [-0.39, 0.29) is 11.7 Å². The summed E-state index contributed by atoms with van der Waals surface area (Å²) in [7, 11) is 3.30. The van der Waals surface area contributed by atoms with Crippen molar-refractivity contribution in [1.29, 1.82) is 0 Å². The zero-order valence-electron chi connectivity index (χ0n) is 9.19. The molecule has 0 atom stereocenters. The van der Waals surface area contributed by atoms with E-state index in [9.17, 15) is 9.59 Å². The topological polar surface area (TPSA) is 82.8 Å². The molecule has 16 heavy (non-hydrogen) atoms. The van der Waals surface area contributed by atoms with Crippen LogP contribution < -0.4 is 10.2 Å². The summed E-state index contributed by atoms with van der Waals surface area (Å²) in [4.78, 5) is 23.3. The molecule has 1 rings (SSSR count). The highest BCUT2D eigenvalue weighted by atomic mass is 16.4. The summed E-state index contributed by atoms with van der Waals surface area (Å²) < 4.78 is 5.07. The number of amides is 1. The highest BCUT2D eigenvalue weighted by Gasteiger charge is 2.12. The van der Waals surface area contributed by atoms with Crippen LogP contribution in [0.3, 0.4) is 0 Å².